The topological polar surface area (TPSA) is 60.9 Å². The maximum atomic E-state index is 12.8. The van der Waals surface area contributed by atoms with Crippen LogP contribution in [0.2, 0.25) is 0 Å². The van der Waals surface area contributed by atoms with Gasteiger partial charge >= 0.3 is 0 Å². The van der Waals surface area contributed by atoms with E-state index in [4.69, 9.17) is 0 Å². The molecule has 0 amide bonds. The zero-order valence-corrected chi connectivity index (χ0v) is 15.9. The Morgan fingerprint density at radius 3 is 2.73 bits per heavy atom. The van der Waals surface area contributed by atoms with Crippen LogP contribution in [0.3, 0.4) is 0 Å². The van der Waals surface area contributed by atoms with Crippen molar-refractivity contribution in [1.82, 2.24) is 4.31 Å². The highest BCUT2D eigenvalue weighted by Crippen LogP contribution is 2.37. The minimum atomic E-state index is -3.58. The Bertz CT molecular complexity index is 942. The lowest BCUT2D eigenvalue weighted by molar-refractivity contribution is 0.0892. The van der Waals surface area contributed by atoms with Crippen molar-refractivity contribution in [2.75, 3.05) is 25.5 Å². The predicted octanol–water partition coefficient (Wildman–Crippen LogP) is 2.35. The Hall–Kier alpha value is -1.89. The summed E-state index contributed by atoms with van der Waals surface area (Å²) in [5, 5.41) is 10.9. The second kappa shape index (κ2) is 6.37. The number of sulfonamides is 1. The first-order valence-corrected chi connectivity index (χ1v) is 10.4. The second-order valence-corrected chi connectivity index (χ2v) is 9.23. The fraction of sp³-hybridized carbons (Fsp3) is 0.400. The smallest absolute Gasteiger partial charge is 0.243 e. The highest BCUT2D eigenvalue weighted by molar-refractivity contribution is 7.89. The van der Waals surface area contributed by atoms with E-state index >= 15 is 0 Å². The summed E-state index contributed by atoms with van der Waals surface area (Å²) < 4.78 is 27.0. The fourth-order valence-corrected chi connectivity index (χ4v) is 5.74. The van der Waals surface area contributed by atoms with Gasteiger partial charge in [0.15, 0.2) is 0 Å². The fourth-order valence-electron chi connectivity index (χ4n) is 4.15. The molecule has 2 aliphatic rings. The summed E-state index contributed by atoms with van der Waals surface area (Å²) in [5.41, 5.74) is 4.10. The molecule has 0 aromatic heterocycles. The van der Waals surface area contributed by atoms with Gasteiger partial charge in [-0.3, -0.25) is 0 Å². The number of benzene rings is 2. The molecule has 0 saturated heterocycles. The zero-order chi connectivity index (χ0) is 18.5. The average molecular weight is 372 g/mol. The summed E-state index contributed by atoms with van der Waals surface area (Å²) in [6.45, 7) is 1.06. The Morgan fingerprint density at radius 2 is 1.92 bits per heavy atom. The Morgan fingerprint density at radius 1 is 1.15 bits per heavy atom. The van der Waals surface area contributed by atoms with Crippen LogP contribution in [-0.4, -0.2) is 44.5 Å². The van der Waals surface area contributed by atoms with Gasteiger partial charge in [-0.05, 0) is 42.5 Å². The number of anilines is 1. The number of nitrogens with zero attached hydrogens (tertiary/aromatic N) is 2. The van der Waals surface area contributed by atoms with E-state index in [9.17, 15) is 13.5 Å². The van der Waals surface area contributed by atoms with Gasteiger partial charge in [-0.15, -0.1) is 0 Å². The van der Waals surface area contributed by atoms with Crippen molar-refractivity contribution in [2.45, 2.75) is 36.3 Å². The predicted molar refractivity (Wildman–Crippen MR) is 102 cm³/mol. The van der Waals surface area contributed by atoms with Crippen molar-refractivity contribution in [3.63, 3.8) is 0 Å². The first kappa shape index (κ1) is 17.5. The molecule has 6 heteroatoms. The number of fused-ring (bicyclic) bond motifs is 2. The van der Waals surface area contributed by atoms with Gasteiger partial charge in [0.05, 0.1) is 17.0 Å². The van der Waals surface area contributed by atoms with Gasteiger partial charge in [0.1, 0.15) is 0 Å². The van der Waals surface area contributed by atoms with Crippen molar-refractivity contribution in [1.29, 1.82) is 0 Å². The first-order chi connectivity index (χ1) is 12.4. The normalized spacial score (nSPS) is 24.8. The van der Waals surface area contributed by atoms with E-state index in [-0.39, 0.29) is 4.90 Å². The third-order valence-corrected chi connectivity index (χ3v) is 7.62. The van der Waals surface area contributed by atoms with Gasteiger partial charge in [-0.25, -0.2) is 8.42 Å². The van der Waals surface area contributed by atoms with Crippen molar-refractivity contribution in [3.05, 3.63) is 59.2 Å². The minimum absolute atomic E-state index is 0.207. The molecule has 0 fully saturated rings. The van der Waals surface area contributed by atoms with Gasteiger partial charge in [0.2, 0.25) is 10.0 Å². The standard InChI is InChI=1S/C20H24N2O3S/c1-21-11-5-6-15-12-14(9-10-17(15)21)13-18-20(23)16-7-3-4-8-19(16)26(24,25)22(18)2/h3-4,7-10,12,18,20,23H,5-6,11,13H2,1-2H3. The van der Waals surface area contributed by atoms with E-state index < -0.39 is 22.2 Å². The van der Waals surface area contributed by atoms with E-state index in [0.29, 0.717) is 12.0 Å². The lowest BCUT2D eigenvalue weighted by Crippen LogP contribution is -2.46. The van der Waals surface area contributed by atoms with Crippen LogP contribution >= 0.6 is 0 Å². The molecular weight excluding hydrogens is 348 g/mol. The third kappa shape index (κ3) is 2.73. The number of aliphatic hydroxyl groups excluding tert-OH is 1. The summed E-state index contributed by atoms with van der Waals surface area (Å²) in [6, 6.07) is 12.6. The van der Waals surface area contributed by atoms with Crippen LogP contribution in [-0.2, 0) is 22.9 Å². The summed E-state index contributed by atoms with van der Waals surface area (Å²) in [6.07, 6.45) is 1.82. The highest BCUT2D eigenvalue weighted by atomic mass is 32.2. The van der Waals surface area contributed by atoms with E-state index in [1.165, 1.54) is 15.6 Å². The first-order valence-electron chi connectivity index (χ1n) is 8.97. The van der Waals surface area contributed by atoms with E-state index in [2.05, 4.69) is 24.1 Å². The monoisotopic (exact) mass is 372 g/mol. The highest BCUT2D eigenvalue weighted by Gasteiger charge is 2.41. The Labute approximate surface area is 154 Å². The molecule has 0 saturated carbocycles. The molecular formula is C20H24N2O3S. The number of hydrogen-bond acceptors (Lipinski definition) is 4. The van der Waals surface area contributed by atoms with Gasteiger partial charge in [-0.1, -0.05) is 30.3 Å². The minimum Gasteiger partial charge on any atom is -0.387 e. The molecule has 1 N–H and O–H groups in total. The summed E-state index contributed by atoms with van der Waals surface area (Å²) >= 11 is 0. The molecule has 2 atom stereocenters. The molecule has 2 aromatic carbocycles. The van der Waals surface area contributed by atoms with Crippen LogP contribution in [0.15, 0.2) is 47.4 Å². The van der Waals surface area contributed by atoms with Gasteiger partial charge in [-0.2, -0.15) is 4.31 Å². The second-order valence-electron chi connectivity index (χ2n) is 7.26. The molecule has 26 heavy (non-hydrogen) atoms. The molecule has 0 spiro atoms. The Kier molecular flexibility index (Phi) is 4.29. The molecule has 138 valence electrons. The number of aryl methyl sites for hydroxylation is 1. The molecule has 4 rings (SSSR count). The molecule has 2 aromatic rings. The zero-order valence-electron chi connectivity index (χ0n) is 15.1. The molecule has 0 aliphatic carbocycles. The van der Waals surface area contributed by atoms with Gasteiger partial charge < -0.3 is 10.0 Å². The number of hydrogen-bond donors (Lipinski definition) is 1. The maximum Gasteiger partial charge on any atom is 0.243 e. The van der Waals surface area contributed by atoms with E-state index in [1.54, 1.807) is 31.3 Å². The average Bonchev–Trinajstić information content (AvgIpc) is 2.64. The van der Waals surface area contributed by atoms with Gasteiger partial charge in [0.25, 0.3) is 0 Å². The number of rotatable bonds is 2. The van der Waals surface area contributed by atoms with Crippen molar-refractivity contribution in [3.8, 4) is 0 Å². The lowest BCUT2D eigenvalue weighted by atomic mass is 9.93. The van der Waals surface area contributed by atoms with Crippen LogP contribution in [0.25, 0.3) is 0 Å². The summed E-state index contributed by atoms with van der Waals surface area (Å²) in [4.78, 5) is 2.46. The van der Waals surface area contributed by atoms with Crippen molar-refractivity contribution < 1.29 is 13.5 Å². The molecule has 2 unspecified atom stereocenters. The van der Waals surface area contributed by atoms with Crippen LogP contribution in [0.4, 0.5) is 5.69 Å². The summed E-state index contributed by atoms with van der Waals surface area (Å²) in [7, 11) is 0.0740. The molecule has 2 aliphatic heterocycles. The summed E-state index contributed by atoms with van der Waals surface area (Å²) in [5.74, 6) is 0. The van der Waals surface area contributed by atoms with E-state index in [0.717, 1.165) is 24.9 Å². The SMILES string of the molecule is CN1CCCc2cc(CC3C(O)c4ccccc4S(=O)(=O)N3C)ccc21. The molecule has 5 nitrogen and oxygen atoms in total. The Balaban J connectivity index is 1.69. The third-order valence-electron chi connectivity index (χ3n) is 5.67. The maximum absolute atomic E-state index is 12.8. The number of aliphatic hydroxyl groups is 1. The number of likely N-dealkylation sites (N-methyl/N-ethyl adjacent to an activating group) is 1. The lowest BCUT2D eigenvalue weighted by Gasteiger charge is -2.37. The van der Waals surface area contributed by atoms with Crippen LogP contribution in [0, 0.1) is 0 Å². The molecule has 2 heterocycles. The van der Waals surface area contributed by atoms with Crippen molar-refractivity contribution >= 4 is 15.7 Å². The quantitative estimate of drug-likeness (QED) is 0.879. The molecule has 0 radical (unpaired) electrons. The van der Waals surface area contributed by atoms with Crippen LogP contribution < -0.4 is 4.90 Å². The largest absolute Gasteiger partial charge is 0.387 e. The van der Waals surface area contributed by atoms with E-state index in [1.807, 2.05) is 6.07 Å². The van der Waals surface area contributed by atoms with Crippen LogP contribution in [0.5, 0.6) is 0 Å². The molecule has 0 bridgehead atoms. The van der Waals surface area contributed by atoms with Crippen LogP contribution in [0.1, 0.15) is 29.2 Å². The van der Waals surface area contributed by atoms with Crippen molar-refractivity contribution in [2.24, 2.45) is 0 Å². The van der Waals surface area contributed by atoms with Gasteiger partial charge in [0, 0.05) is 31.9 Å².